The standard InChI is InChI=1S/C19H20N6O2S/c1-10-7-8-21-15(9-10)24-14-6-4-5-13(23-14)17-16(18(20)27)25-19(28-17)11(2)22-12(3)26/h4-9,11H,1-3H3,(H2,20,27)(H,22,26)(H,21,23,24)/t11-/m0/s1. The van der Waals surface area contributed by atoms with Crippen molar-refractivity contribution in [2.24, 2.45) is 5.73 Å². The van der Waals surface area contributed by atoms with Crippen molar-refractivity contribution in [3.63, 3.8) is 0 Å². The normalized spacial score (nSPS) is 11.7. The zero-order chi connectivity index (χ0) is 20.3. The van der Waals surface area contributed by atoms with E-state index in [9.17, 15) is 9.59 Å². The van der Waals surface area contributed by atoms with Crippen molar-refractivity contribution in [3.8, 4) is 10.6 Å². The molecule has 4 N–H and O–H groups in total. The Labute approximate surface area is 166 Å². The van der Waals surface area contributed by atoms with Gasteiger partial charge in [0.15, 0.2) is 0 Å². The summed E-state index contributed by atoms with van der Waals surface area (Å²) in [6.07, 6.45) is 1.71. The van der Waals surface area contributed by atoms with Crippen molar-refractivity contribution in [2.75, 3.05) is 5.32 Å². The van der Waals surface area contributed by atoms with E-state index in [4.69, 9.17) is 5.73 Å². The van der Waals surface area contributed by atoms with Crippen molar-refractivity contribution in [1.82, 2.24) is 20.3 Å². The van der Waals surface area contributed by atoms with Gasteiger partial charge in [0.05, 0.1) is 16.6 Å². The zero-order valence-electron chi connectivity index (χ0n) is 15.7. The molecule has 0 fully saturated rings. The summed E-state index contributed by atoms with van der Waals surface area (Å²) in [5.74, 6) is 0.424. The van der Waals surface area contributed by atoms with Crippen LogP contribution in [-0.4, -0.2) is 26.8 Å². The van der Waals surface area contributed by atoms with E-state index in [0.717, 1.165) is 5.56 Å². The minimum Gasteiger partial charge on any atom is -0.364 e. The number of aromatic nitrogens is 3. The van der Waals surface area contributed by atoms with Crippen LogP contribution < -0.4 is 16.4 Å². The summed E-state index contributed by atoms with van der Waals surface area (Å²) >= 11 is 1.28. The number of hydrogen-bond donors (Lipinski definition) is 3. The topological polar surface area (TPSA) is 123 Å². The van der Waals surface area contributed by atoms with Gasteiger partial charge in [-0.2, -0.15) is 0 Å². The minimum absolute atomic E-state index is 0.135. The van der Waals surface area contributed by atoms with E-state index in [1.54, 1.807) is 25.3 Å². The molecule has 1 atom stereocenters. The predicted octanol–water partition coefficient (Wildman–Crippen LogP) is 2.95. The maximum atomic E-state index is 11.9. The van der Waals surface area contributed by atoms with E-state index in [1.165, 1.54) is 18.3 Å². The lowest BCUT2D eigenvalue weighted by atomic mass is 10.2. The first kappa shape index (κ1) is 19.4. The molecule has 0 aliphatic rings. The van der Waals surface area contributed by atoms with Crippen LogP contribution in [0, 0.1) is 6.92 Å². The van der Waals surface area contributed by atoms with Gasteiger partial charge >= 0.3 is 0 Å². The van der Waals surface area contributed by atoms with Crippen LogP contribution >= 0.6 is 11.3 Å². The Bertz CT molecular complexity index is 1030. The number of aryl methyl sites for hydroxylation is 1. The summed E-state index contributed by atoms with van der Waals surface area (Å²) < 4.78 is 0. The summed E-state index contributed by atoms with van der Waals surface area (Å²) in [7, 11) is 0. The van der Waals surface area contributed by atoms with Crippen LogP contribution in [0.4, 0.5) is 11.6 Å². The number of amides is 2. The first-order valence-corrected chi connectivity index (χ1v) is 9.40. The van der Waals surface area contributed by atoms with Gasteiger partial charge in [0.25, 0.3) is 5.91 Å². The van der Waals surface area contributed by atoms with E-state index in [1.807, 2.05) is 25.1 Å². The Balaban J connectivity index is 1.95. The fourth-order valence-corrected chi connectivity index (χ4v) is 3.64. The Kier molecular flexibility index (Phi) is 5.65. The quantitative estimate of drug-likeness (QED) is 0.589. The predicted molar refractivity (Wildman–Crippen MR) is 108 cm³/mol. The van der Waals surface area contributed by atoms with Gasteiger partial charge in [-0.05, 0) is 43.7 Å². The van der Waals surface area contributed by atoms with Crippen molar-refractivity contribution in [3.05, 3.63) is 52.8 Å². The average Bonchev–Trinajstić information content (AvgIpc) is 3.07. The molecule has 0 saturated carbocycles. The van der Waals surface area contributed by atoms with Gasteiger partial charge in [-0.3, -0.25) is 9.59 Å². The average molecular weight is 396 g/mol. The van der Waals surface area contributed by atoms with Crippen LogP contribution in [0.1, 0.15) is 40.9 Å². The number of nitrogens with one attached hydrogen (secondary N) is 2. The monoisotopic (exact) mass is 396 g/mol. The van der Waals surface area contributed by atoms with Gasteiger partial charge < -0.3 is 16.4 Å². The molecule has 3 heterocycles. The van der Waals surface area contributed by atoms with Gasteiger partial charge in [0.2, 0.25) is 5.91 Å². The number of nitrogens with two attached hydrogens (primary N) is 1. The Hall–Kier alpha value is -3.33. The summed E-state index contributed by atoms with van der Waals surface area (Å²) in [5, 5.41) is 6.49. The number of carbonyl (C=O) groups excluding carboxylic acids is 2. The highest BCUT2D eigenvalue weighted by Gasteiger charge is 2.22. The lowest BCUT2D eigenvalue weighted by Crippen LogP contribution is -2.23. The molecule has 0 radical (unpaired) electrons. The highest BCUT2D eigenvalue weighted by molar-refractivity contribution is 7.15. The minimum atomic E-state index is -0.645. The van der Waals surface area contributed by atoms with Crippen molar-refractivity contribution >= 4 is 34.8 Å². The second-order valence-corrected chi connectivity index (χ2v) is 7.30. The smallest absolute Gasteiger partial charge is 0.268 e. The number of anilines is 2. The first-order chi connectivity index (χ1) is 13.3. The SMILES string of the molecule is CC(=O)N[C@@H](C)c1nc(C(N)=O)c(-c2cccc(Nc3cc(C)ccn3)n2)s1. The number of thiazole rings is 1. The third-order valence-corrected chi connectivity index (χ3v) is 5.08. The number of nitrogens with zero attached hydrogens (tertiary/aromatic N) is 3. The highest BCUT2D eigenvalue weighted by atomic mass is 32.1. The summed E-state index contributed by atoms with van der Waals surface area (Å²) in [6, 6.07) is 8.88. The van der Waals surface area contributed by atoms with E-state index >= 15 is 0 Å². The second kappa shape index (κ2) is 8.13. The highest BCUT2D eigenvalue weighted by Crippen LogP contribution is 2.32. The molecule has 9 heteroatoms. The Morgan fingerprint density at radius 3 is 2.64 bits per heavy atom. The molecule has 3 rings (SSSR count). The van der Waals surface area contributed by atoms with Crippen LogP contribution in [-0.2, 0) is 4.79 Å². The van der Waals surface area contributed by atoms with Crippen LogP contribution in [0.2, 0.25) is 0 Å². The largest absolute Gasteiger partial charge is 0.364 e. The molecule has 0 spiro atoms. The van der Waals surface area contributed by atoms with E-state index < -0.39 is 5.91 Å². The molecule has 0 bridgehead atoms. The molecule has 28 heavy (non-hydrogen) atoms. The third-order valence-electron chi connectivity index (χ3n) is 3.82. The molecule has 8 nitrogen and oxygen atoms in total. The summed E-state index contributed by atoms with van der Waals surface area (Å²) in [6.45, 7) is 5.20. The van der Waals surface area contributed by atoms with E-state index in [-0.39, 0.29) is 17.6 Å². The first-order valence-electron chi connectivity index (χ1n) is 8.58. The van der Waals surface area contributed by atoms with Crippen LogP contribution in [0.15, 0.2) is 36.5 Å². The van der Waals surface area contributed by atoms with Gasteiger partial charge in [0.1, 0.15) is 22.3 Å². The van der Waals surface area contributed by atoms with Crippen LogP contribution in [0.5, 0.6) is 0 Å². The van der Waals surface area contributed by atoms with Crippen LogP contribution in [0.25, 0.3) is 10.6 Å². The zero-order valence-corrected chi connectivity index (χ0v) is 16.5. The molecule has 0 aliphatic heterocycles. The number of carbonyl (C=O) groups is 2. The van der Waals surface area contributed by atoms with Gasteiger partial charge in [-0.15, -0.1) is 11.3 Å². The van der Waals surface area contributed by atoms with E-state index in [2.05, 4.69) is 25.6 Å². The number of pyridine rings is 2. The lowest BCUT2D eigenvalue weighted by molar-refractivity contribution is -0.119. The number of primary amides is 1. The number of rotatable bonds is 6. The molecule has 0 unspecified atom stereocenters. The molecule has 3 aromatic rings. The Morgan fingerprint density at radius 2 is 1.96 bits per heavy atom. The van der Waals surface area contributed by atoms with Crippen molar-refractivity contribution in [1.29, 1.82) is 0 Å². The Morgan fingerprint density at radius 1 is 1.18 bits per heavy atom. The van der Waals surface area contributed by atoms with Gasteiger partial charge in [-0.1, -0.05) is 6.07 Å². The van der Waals surface area contributed by atoms with Crippen LogP contribution in [0.3, 0.4) is 0 Å². The lowest BCUT2D eigenvalue weighted by Gasteiger charge is -2.08. The molecular weight excluding hydrogens is 376 g/mol. The molecule has 144 valence electrons. The van der Waals surface area contributed by atoms with Gasteiger partial charge in [-0.25, -0.2) is 15.0 Å². The molecule has 0 aliphatic carbocycles. The maximum Gasteiger partial charge on any atom is 0.268 e. The molecular formula is C19H20N6O2S. The van der Waals surface area contributed by atoms with E-state index in [0.29, 0.717) is 27.2 Å². The second-order valence-electron chi connectivity index (χ2n) is 6.27. The fraction of sp³-hybridized carbons (Fsp3) is 0.211. The molecule has 2 amide bonds. The molecule has 0 saturated heterocycles. The summed E-state index contributed by atoms with van der Waals surface area (Å²) in [4.78, 5) is 36.9. The maximum absolute atomic E-state index is 11.9. The van der Waals surface area contributed by atoms with Crippen molar-refractivity contribution < 1.29 is 9.59 Å². The molecule has 0 aromatic carbocycles. The van der Waals surface area contributed by atoms with Gasteiger partial charge in [0, 0.05) is 13.1 Å². The summed E-state index contributed by atoms with van der Waals surface area (Å²) in [5.41, 5.74) is 7.28. The molecule has 3 aromatic heterocycles. The van der Waals surface area contributed by atoms with Crippen molar-refractivity contribution in [2.45, 2.75) is 26.8 Å². The fourth-order valence-electron chi connectivity index (χ4n) is 2.60. The third kappa shape index (κ3) is 4.49. The number of hydrogen-bond acceptors (Lipinski definition) is 7.